The van der Waals surface area contributed by atoms with Gasteiger partial charge in [-0.3, -0.25) is 9.59 Å². The normalized spacial score (nSPS) is 16.6. The van der Waals surface area contributed by atoms with Gasteiger partial charge < -0.3 is 10.4 Å². The van der Waals surface area contributed by atoms with E-state index in [4.69, 9.17) is 5.11 Å². The summed E-state index contributed by atoms with van der Waals surface area (Å²) in [5, 5.41) is 11.6. The molecule has 92 valence electrons. The van der Waals surface area contributed by atoms with Crippen molar-refractivity contribution in [1.29, 1.82) is 0 Å². The molecule has 1 fully saturated rings. The Kier molecular flexibility index (Phi) is 3.61. The summed E-state index contributed by atoms with van der Waals surface area (Å²) in [6.45, 7) is 0.203. The second-order valence-corrected chi connectivity index (χ2v) is 7.22. The van der Waals surface area contributed by atoms with Crippen LogP contribution in [0.25, 0.3) is 0 Å². The van der Waals surface area contributed by atoms with E-state index in [2.05, 4.69) is 37.2 Å². The van der Waals surface area contributed by atoms with Crippen LogP contribution in [0.15, 0.2) is 14.3 Å². The first-order valence-corrected chi connectivity index (χ1v) is 7.31. The molecule has 1 heterocycles. The maximum atomic E-state index is 11.8. The zero-order valence-electron chi connectivity index (χ0n) is 8.63. The Morgan fingerprint density at radius 1 is 1.47 bits per heavy atom. The van der Waals surface area contributed by atoms with Gasteiger partial charge in [-0.25, -0.2) is 0 Å². The van der Waals surface area contributed by atoms with Crippen LogP contribution in [0.1, 0.15) is 22.5 Å². The second-order valence-electron chi connectivity index (χ2n) is 4.00. The summed E-state index contributed by atoms with van der Waals surface area (Å²) in [6.07, 6.45) is 1.28. The Balaban J connectivity index is 1.96. The fourth-order valence-electron chi connectivity index (χ4n) is 1.41. The Hall–Kier alpha value is -0.400. The van der Waals surface area contributed by atoms with Crippen LogP contribution in [0, 0.1) is 5.41 Å². The number of carboxylic acid groups (broad SMARTS) is 1. The highest BCUT2D eigenvalue weighted by Gasteiger charge is 2.50. The lowest BCUT2D eigenvalue weighted by atomic mass is 10.1. The number of halogens is 2. The predicted octanol–water partition coefficient (Wildman–Crippen LogP) is 2.87. The molecule has 2 N–H and O–H groups in total. The van der Waals surface area contributed by atoms with Gasteiger partial charge in [0.05, 0.1) is 14.1 Å². The third kappa shape index (κ3) is 2.71. The number of rotatable bonds is 4. The molecule has 0 aromatic carbocycles. The molecule has 2 rings (SSSR count). The van der Waals surface area contributed by atoms with Crippen molar-refractivity contribution in [1.82, 2.24) is 5.32 Å². The molecular weight excluding hydrogens is 374 g/mol. The van der Waals surface area contributed by atoms with Crippen LogP contribution < -0.4 is 5.32 Å². The average Bonchev–Trinajstić information content (AvgIpc) is 2.99. The van der Waals surface area contributed by atoms with Crippen molar-refractivity contribution >= 4 is 55.1 Å². The smallest absolute Gasteiger partial charge is 0.311 e. The molecule has 0 bridgehead atoms. The summed E-state index contributed by atoms with van der Waals surface area (Å²) < 4.78 is 1.68. The zero-order chi connectivity index (χ0) is 12.6. The minimum atomic E-state index is -0.827. The van der Waals surface area contributed by atoms with E-state index in [-0.39, 0.29) is 12.5 Å². The molecule has 0 aliphatic heterocycles. The number of thiophene rings is 1. The molecule has 0 atom stereocenters. The van der Waals surface area contributed by atoms with Gasteiger partial charge in [0.2, 0.25) is 0 Å². The van der Waals surface area contributed by atoms with Gasteiger partial charge >= 0.3 is 5.97 Å². The van der Waals surface area contributed by atoms with Crippen molar-refractivity contribution in [3.63, 3.8) is 0 Å². The van der Waals surface area contributed by atoms with E-state index in [1.54, 1.807) is 6.07 Å². The molecule has 1 aliphatic rings. The summed E-state index contributed by atoms with van der Waals surface area (Å²) in [5.41, 5.74) is -0.721. The molecule has 1 amide bonds. The fraction of sp³-hybridized carbons (Fsp3) is 0.400. The zero-order valence-corrected chi connectivity index (χ0v) is 12.6. The molecule has 0 saturated heterocycles. The van der Waals surface area contributed by atoms with Gasteiger partial charge in [0.15, 0.2) is 0 Å². The van der Waals surface area contributed by atoms with E-state index in [0.717, 1.165) is 8.26 Å². The summed E-state index contributed by atoms with van der Waals surface area (Å²) in [5.74, 6) is -1.06. The van der Waals surface area contributed by atoms with E-state index in [9.17, 15) is 9.59 Å². The van der Waals surface area contributed by atoms with Gasteiger partial charge in [0.1, 0.15) is 0 Å². The number of carbonyl (C=O) groups excluding carboxylic acids is 1. The number of aliphatic carboxylic acids is 1. The maximum absolute atomic E-state index is 11.8. The highest BCUT2D eigenvalue weighted by molar-refractivity contribution is 9.13. The van der Waals surface area contributed by atoms with Gasteiger partial charge in [-0.2, -0.15) is 0 Å². The summed E-state index contributed by atoms with van der Waals surface area (Å²) in [6, 6.07) is 1.71. The minimum Gasteiger partial charge on any atom is -0.481 e. The molecule has 0 spiro atoms. The number of carboxylic acids is 1. The number of hydrogen-bond donors (Lipinski definition) is 2. The van der Waals surface area contributed by atoms with E-state index in [1.807, 2.05) is 0 Å². The second kappa shape index (κ2) is 4.70. The van der Waals surface area contributed by atoms with Crippen molar-refractivity contribution in [2.24, 2.45) is 5.41 Å². The quantitative estimate of drug-likeness (QED) is 0.841. The van der Waals surface area contributed by atoms with Crippen molar-refractivity contribution in [2.45, 2.75) is 12.8 Å². The Bertz CT molecular complexity index is 462. The molecule has 0 unspecified atom stereocenters. The fourth-order valence-corrected chi connectivity index (χ4v) is 3.36. The SMILES string of the molecule is O=C(NCC1(C(=O)O)CC1)c1cc(Br)c(Br)s1. The van der Waals surface area contributed by atoms with Gasteiger partial charge in [0, 0.05) is 11.0 Å². The highest BCUT2D eigenvalue weighted by Crippen LogP contribution is 2.45. The molecule has 17 heavy (non-hydrogen) atoms. The van der Waals surface area contributed by atoms with Crippen LogP contribution in [0.4, 0.5) is 0 Å². The maximum Gasteiger partial charge on any atom is 0.311 e. The number of hydrogen-bond acceptors (Lipinski definition) is 3. The average molecular weight is 383 g/mol. The first-order chi connectivity index (χ1) is 7.94. The number of amides is 1. The largest absolute Gasteiger partial charge is 0.481 e. The van der Waals surface area contributed by atoms with E-state index in [1.165, 1.54) is 11.3 Å². The van der Waals surface area contributed by atoms with E-state index >= 15 is 0 Å². The predicted molar refractivity (Wildman–Crippen MR) is 71.4 cm³/mol. The van der Waals surface area contributed by atoms with Crippen LogP contribution in [-0.4, -0.2) is 23.5 Å². The monoisotopic (exact) mass is 381 g/mol. The van der Waals surface area contributed by atoms with Crippen molar-refractivity contribution in [2.75, 3.05) is 6.54 Å². The standard InChI is InChI=1S/C10H9Br2NO3S/c11-5-3-6(17-7(5)12)8(14)13-4-10(1-2-10)9(15)16/h3H,1-2,4H2,(H,13,14)(H,15,16). The highest BCUT2D eigenvalue weighted by atomic mass is 79.9. The van der Waals surface area contributed by atoms with Crippen LogP contribution in [0.2, 0.25) is 0 Å². The molecule has 4 nitrogen and oxygen atoms in total. The first-order valence-electron chi connectivity index (χ1n) is 4.91. The Morgan fingerprint density at radius 3 is 2.53 bits per heavy atom. The third-order valence-corrected chi connectivity index (χ3v) is 6.02. The van der Waals surface area contributed by atoms with E-state index in [0.29, 0.717) is 17.7 Å². The summed E-state index contributed by atoms with van der Waals surface area (Å²) >= 11 is 7.92. The van der Waals surface area contributed by atoms with Crippen molar-refractivity contribution in [3.05, 3.63) is 19.2 Å². The van der Waals surface area contributed by atoms with Crippen molar-refractivity contribution in [3.8, 4) is 0 Å². The summed E-state index contributed by atoms with van der Waals surface area (Å²) in [7, 11) is 0. The van der Waals surface area contributed by atoms with Crippen LogP contribution in [0.5, 0.6) is 0 Å². The molecule has 1 aromatic rings. The Morgan fingerprint density at radius 2 is 2.12 bits per heavy atom. The van der Waals surface area contributed by atoms with Gasteiger partial charge in [0.25, 0.3) is 5.91 Å². The minimum absolute atomic E-state index is 0.203. The molecule has 7 heteroatoms. The summed E-state index contributed by atoms with van der Waals surface area (Å²) in [4.78, 5) is 23.3. The molecule has 0 radical (unpaired) electrons. The first kappa shape index (κ1) is 13.0. The molecule has 1 aliphatic carbocycles. The van der Waals surface area contributed by atoms with Crippen molar-refractivity contribution < 1.29 is 14.7 Å². The lowest BCUT2D eigenvalue weighted by molar-refractivity contribution is -0.143. The van der Waals surface area contributed by atoms with Gasteiger partial charge in [-0.05, 0) is 50.8 Å². The number of nitrogens with one attached hydrogen (secondary N) is 1. The third-order valence-electron chi connectivity index (χ3n) is 2.76. The molecular formula is C10H9Br2NO3S. The number of carbonyl (C=O) groups is 2. The van der Waals surface area contributed by atoms with Crippen LogP contribution >= 0.6 is 43.2 Å². The molecule has 1 saturated carbocycles. The molecule has 1 aromatic heterocycles. The lowest BCUT2D eigenvalue weighted by Gasteiger charge is -2.09. The Labute approximate surface area is 119 Å². The van der Waals surface area contributed by atoms with Crippen LogP contribution in [0.3, 0.4) is 0 Å². The topological polar surface area (TPSA) is 66.4 Å². The lowest BCUT2D eigenvalue weighted by Crippen LogP contribution is -2.33. The van der Waals surface area contributed by atoms with E-state index < -0.39 is 11.4 Å². The van der Waals surface area contributed by atoms with Gasteiger partial charge in [-0.1, -0.05) is 0 Å². The van der Waals surface area contributed by atoms with Gasteiger partial charge in [-0.15, -0.1) is 11.3 Å². The van der Waals surface area contributed by atoms with Crippen LogP contribution in [-0.2, 0) is 4.79 Å².